The van der Waals surface area contributed by atoms with Gasteiger partial charge in [0.15, 0.2) is 0 Å². The molecule has 8 heteroatoms. The number of imidazole rings is 1. The van der Waals surface area contributed by atoms with Crippen molar-refractivity contribution in [2.75, 3.05) is 6.54 Å². The number of aryl methyl sites for hydroxylation is 1. The van der Waals surface area contributed by atoms with Gasteiger partial charge in [-0.15, -0.1) is 0 Å². The zero-order valence-electron chi connectivity index (χ0n) is 12.5. The number of likely N-dealkylation sites (tertiary alicyclic amines) is 1. The average molecular weight is 327 g/mol. The lowest BCUT2D eigenvalue weighted by molar-refractivity contribution is -0.142. The molecule has 1 aliphatic heterocycles. The summed E-state index contributed by atoms with van der Waals surface area (Å²) in [5, 5.41) is 9.20. The first-order valence-electron chi connectivity index (χ1n) is 7.27. The molecule has 1 aromatic carbocycles. The fourth-order valence-corrected chi connectivity index (χ4v) is 3.04. The molecule has 1 aromatic heterocycles. The number of benzene rings is 1. The van der Waals surface area contributed by atoms with Crippen molar-refractivity contribution >= 4 is 17.0 Å². The van der Waals surface area contributed by atoms with Crippen molar-refractivity contribution < 1.29 is 23.1 Å². The first-order chi connectivity index (χ1) is 10.8. The van der Waals surface area contributed by atoms with E-state index in [0.717, 1.165) is 18.6 Å². The molecule has 5 nitrogen and oxygen atoms in total. The second-order valence-electron chi connectivity index (χ2n) is 5.76. The molecule has 2 heterocycles. The van der Waals surface area contributed by atoms with Gasteiger partial charge in [-0.1, -0.05) is 0 Å². The second-order valence-corrected chi connectivity index (χ2v) is 5.76. The molecule has 0 unspecified atom stereocenters. The van der Waals surface area contributed by atoms with Gasteiger partial charge in [-0.25, -0.2) is 4.98 Å². The Morgan fingerprint density at radius 1 is 1.43 bits per heavy atom. The van der Waals surface area contributed by atoms with Crippen LogP contribution in [0, 0.1) is 0 Å². The fourth-order valence-electron chi connectivity index (χ4n) is 3.04. The number of nitrogens with zero attached hydrogens (tertiary/aromatic N) is 3. The highest BCUT2D eigenvalue weighted by molar-refractivity contribution is 5.77. The van der Waals surface area contributed by atoms with Gasteiger partial charge in [-0.2, -0.15) is 13.2 Å². The van der Waals surface area contributed by atoms with Crippen molar-refractivity contribution in [3.05, 3.63) is 29.6 Å². The largest absolute Gasteiger partial charge is 0.480 e. The van der Waals surface area contributed by atoms with E-state index in [1.807, 2.05) is 0 Å². The number of halogens is 3. The van der Waals surface area contributed by atoms with Crippen LogP contribution in [0.3, 0.4) is 0 Å². The zero-order chi connectivity index (χ0) is 16.8. The van der Waals surface area contributed by atoms with Crippen LogP contribution in [0.1, 0.15) is 24.2 Å². The minimum atomic E-state index is -4.41. The van der Waals surface area contributed by atoms with Crippen LogP contribution < -0.4 is 0 Å². The van der Waals surface area contributed by atoms with E-state index in [1.165, 1.54) is 6.07 Å². The number of aromatic nitrogens is 2. The van der Waals surface area contributed by atoms with E-state index >= 15 is 0 Å². The van der Waals surface area contributed by atoms with Gasteiger partial charge in [0.1, 0.15) is 11.9 Å². The lowest BCUT2D eigenvalue weighted by atomic mass is 10.2. The van der Waals surface area contributed by atoms with E-state index < -0.39 is 23.8 Å². The fraction of sp³-hybridized carbons (Fsp3) is 0.467. The standard InChI is InChI=1S/C15H16F3N3O2/c1-20-11-5-4-9(15(16,17)18)7-10(11)19-13(20)8-21-6-2-3-12(21)14(22)23/h4-5,7,12H,2-3,6,8H2,1H3,(H,22,23)/t12-/m0/s1. The maximum absolute atomic E-state index is 12.8. The summed E-state index contributed by atoms with van der Waals surface area (Å²) in [5.41, 5.74) is 0.127. The van der Waals surface area contributed by atoms with Crippen molar-refractivity contribution in [2.24, 2.45) is 7.05 Å². The highest BCUT2D eigenvalue weighted by Crippen LogP contribution is 2.31. The van der Waals surface area contributed by atoms with E-state index in [9.17, 15) is 23.1 Å². The maximum atomic E-state index is 12.8. The molecule has 1 fully saturated rings. The number of hydrogen-bond donors (Lipinski definition) is 1. The van der Waals surface area contributed by atoms with Crippen LogP contribution in [0.2, 0.25) is 0 Å². The van der Waals surface area contributed by atoms with Crippen LogP contribution in [0.4, 0.5) is 13.2 Å². The van der Waals surface area contributed by atoms with Crippen LogP contribution in [0.15, 0.2) is 18.2 Å². The van der Waals surface area contributed by atoms with E-state index in [4.69, 9.17) is 0 Å². The predicted octanol–water partition coefficient (Wildman–Crippen LogP) is 2.64. The molecule has 1 atom stereocenters. The van der Waals surface area contributed by atoms with Crippen LogP contribution in [-0.4, -0.2) is 38.1 Å². The number of carboxylic acid groups (broad SMARTS) is 1. The summed E-state index contributed by atoms with van der Waals surface area (Å²) in [5.74, 6) is -0.312. The molecule has 0 bridgehead atoms. The molecule has 2 aromatic rings. The number of aliphatic carboxylic acids is 1. The van der Waals surface area contributed by atoms with Crippen LogP contribution in [-0.2, 0) is 24.6 Å². The second kappa shape index (κ2) is 5.52. The monoisotopic (exact) mass is 327 g/mol. The summed E-state index contributed by atoms with van der Waals surface area (Å²) in [6, 6.07) is 2.90. The molecule has 0 aliphatic carbocycles. The van der Waals surface area contributed by atoms with Crippen LogP contribution in [0.25, 0.3) is 11.0 Å². The summed E-state index contributed by atoms with van der Waals surface area (Å²) in [4.78, 5) is 17.3. The van der Waals surface area contributed by atoms with Crippen molar-refractivity contribution in [3.63, 3.8) is 0 Å². The maximum Gasteiger partial charge on any atom is 0.416 e. The van der Waals surface area contributed by atoms with Gasteiger partial charge in [0.2, 0.25) is 0 Å². The summed E-state index contributed by atoms with van der Waals surface area (Å²) < 4.78 is 40.1. The highest BCUT2D eigenvalue weighted by atomic mass is 19.4. The molecule has 0 amide bonds. The Labute approximate surface area is 130 Å². The van der Waals surface area contributed by atoms with E-state index in [-0.39, 0.29) is 5.52 Å². The third-order valence-electron chi connectivity index (χ3n) is 4.29. The Morgan fingerprint density at radius 3 is 2.83 bits per heavy atom. The first kappa shape index (κ1) is 15.8. The van der Waals surface area contributed by atoms with Gasteiger partial charge < -0.3 is 9.67 Å². The predicted molar refractivity (Wildman–Crippen MR) is 76.8 cm³/mol. The topological polar surface area (TPSA) is 58.4 Å². The third kappa shape index (κ3) is 2.90. The Hall–Kier alpha value is -2.09. The molecular weight excluding hydrogens is 311 g/mol. The highest BCUT2D eigenvalue weighted by Gasteiger charge is 2.32. The molecule has 1 saturated heterocycles. The molecule has 1 aliphatic rings. The Kier molecular flexibility index (Phi) is 3.79. The first-order valence-corrected chi connectivity index (χ1v) is 7.27. The molecule has 124 valence electrons. The van der Waals surface area contributed by atoms with Gasteiger partial charge in [0.05, 0.1) is 23.1 Å². The third-order valence-corrected chi connectivity index (χ3v) is 4.29. The summed E-state index contributed by atoms with van der Waals surface area (Å²) in [6.07, 6.45) is -3.04. The lowest BCUT2D eigenvalue weighted by Crippen LogP contribution is -2.36. The van der Waals surface area contributed by atoms with E-state index in [1.54, 1.807) is 16.5 Å². The molecule has 1 N–H and O–H groups in total. The Bertz CT molecular complexity index is 754. The van der Waals surface area contributed by atoms with Gasteiger partial charge in [-0.05, 0) is 37.6 Å². The molecule has 0 saturated carbocycles. The number of carbonyl (C=O) groups is 1. The van der Waals surface area contributed by atoms with Gasteiger partial charge in [-0.3, -0.25) is 9.69 Å². The lowest BCUT2D eigenvalue weighted by Gasteiger charge is -2.20. The molecule has 23 heavy (non-hydrogen) atoms. The number of carboxylic acids is 1. The minimum Gasteiger partial charge on any atom is -0.480 e. The van der Waals surface area contributed by atoms with Crippen LogP contribution >= 0.6 is 0 Å². The van der Waals surface area contributed by atoms with Crippen molar-refractivity contribution in [3.8, 4) is 0 Å². The van der Waals surface area contributed by atoms with Crippen LogP contribution in [0.5, 0.6) is 0 Å². The zero-order valence-corrected chi connectivity index (χ0v) is 12.5. The van der Waals surface area contributed by atoms with Gasteiger partial charge in [0, 0.05) is 7.05 Å². The summed E-state index contributed by atoms with van der Waals surface area (Å²) >= 11 is 0. The van der Waals surface area contributed by atoms with Crippen molar-refractivity contribution in [1.82, 2.24) is 14.5 Å². The summed E-state index contributed by atoms with van der Waals surface area (Å²) in [7, 11) is 1.73. The smallest absolute Gasteiger partial charge is 0.416 e. The Balaban J connectivity index is 1.93. The normalized spacial score (nSPS) is 19.6. The quantitative estimate of drug-likeness (QED) is 0.941. The van der Waals surface area contributed by atoms with Gasteiger partial charge >= 0.3 is 12.1 Å². The average Bonchev–Trinajstić information content (AvgIpc) is 3.04. The summed E-state index contributed by atoms with van der Waals surface area (Å²) in [6.45, 7) is 0.956. The Morgan fingerprint density at radius 2 is 2.17 bits per heavy atom. The molecular formula is C15H16F3N3O2. The molecule has 0 spiro atoms. The number of fused-ring (bicyclic) bond motifs is 1. The van der Waals surface area contributed by atoms with Gasteiger partial charge in [0.25, 0.3) is 0 Å². The number of hydrogen-bond acceptors (Lipinski definition) is 3. The number of rotatable bonds is 3. The SMILES string of the molecule is Cn1c(CN2CCC[C@H]2C(=O)O)nc2cc(C(F)(F)F)ccc21. The van der Waals surface area contributed by atoms with E-state index in [0.29, 0.717) is 30.9 Å². The van der Waals surface area contributed by atoms with Crippen molar-refractivity contribution in [1.29, 1.82) is 0 Å². The molecule has 0 radical (unpaired) electrons. The van der Waals surface area contributed by atoms with E-state index in [2.05, 4.69) is 4.98 Å². The minimum absolute atomic E-state index is 0.267. The number of alkyl halides is 3. The van der Waals surface area contributed by atoms with Crippen molar-refractivity contribution in [2.45, 2.75) is 31.6 Å². The molecule has 3 rings (SSSR count).